The van der Waals surface area contributed by atoms with Crippen LogP contribution in [0.3, 0.4) is 0 Å². The Bertz CT molecular complexity index is 512. The minimum atomic E-state index is -0.606. The van der Waals surface area contributed by atoms with Gasteiger partial charge in [-0.2, -0.15) is 0 Å². The number of aromatic amines is 1. The first kappa shape index (κ1) is 9.91. The Morgan fingerprint density at radius 2 is 2.19 bits per heavy atom. The Kier molecular flexibility index (Phi) is 2.08. The third-order valence-electron chi connectivity index (χ3n) is 3.84. The van der Waals surface area contributed by atoms with Crippen LogP contribution in [0.1, 0.15) is 31.7 Å². The monoisotopic (exact) mass is 215 g/mol. The second-order valence-electron chi connectivity index (χ2n) is 4.83. The highest BCUT2D eigenvalue weighted by molar-refractivity contribution is 5.80. The summed E-state index contributed by atoms with van der Waals surface area (Å²) in [6.07, 6.45) is 5.06. The molecule has 2 nitrogen and oxygen atoms in total. The molecule has 1 heterocycles. The van der Waals surface area contributed by atoms with Crippen molar-refractivity contribution in [1.82, 2.24) is 4.98 Å². The van der Waals surface area contributed by atoms with Crippen molar-refractivity contribution in [2.24, 2.45) is 5.92 Å². The third kappa shape index (κ3) is 1.37. The van der Waals surface area contributed by atoms with Gasteiger partial charge in [-0.1, -0.05) is 13.0 Å². The molecule has 1 fully saturated rings. The summed E-state index contributed by atoms with van der Waals surface area (Å²) >= 11 is 0. The predicted molar refractivity (Wildman–Crippen MR) is 65.2 cm³/mol. The van der Waals surface area contributed by atoms with E-state index in [0.717, 1.165) is 30.3 Å². The van der Waals surface area contributed by atoms with Crippen LogP contribution >= 0.6 is 0 Å². The van der Waals surface area contributed by atoms with Gasteiger partial charge in [-0.05, 0) is 54.3 Å². The first-order valence-corrected chi connectivity index (χ1v) is 6.04. The van der Waals surface area contributed by atoms with Crippen molar-refractivity contribution in [3.8, 4) is 0 Å². The van der Waals surface area contributed by atoms with E-state index in [1.807, 2.05) is 6.20 Å². The number of H-pyrrole nitrogens is 1. The van der Waals surface area contributed by atoms with Gasteiger partial charge in [0.2, 0.25) is 0 Å². The first-order chi connectivity index (χ1) is 7.74. The Morgan fingerprint density at radius 3 is 2.88 bits per heavy atom. The molecule has 2 N–H and O–H groups in total. The van der Waals surface area contributed by atoms with Crippen molar-refractivity contribution in [3.63, 3.8) is 0 Å². The Labute approximate surface area is 95.3 Å². The zero-order valence-electron chi connectivity index (χ0n) is 9.53. The highest BCUT2D eigenvalue weighted by atomic mass is 16.3. The topological polar surface area (TPSA) is 36.0 Å². The average molecular weight is 215 g/mol. The van der Waals surface area contributed by atoms with Crippen molar-refractivity contribution in [3.05, 3.63) is 36.0 Å². The minimum absolute atomic E-state index is 0.467. The lowest BCUT2D eigenvalue weighted by atomic mass is 9.86. The predicted octanol–water partition coefficient (Wildman–Crippen LogP) is 3.18. The van der Waals surface area contributed by atoms with Gasteiger partial charge in [0.25, 0.3) is 0 Å². The lowest BCUT2D eigenvalue weighted by Crippen LogP contribution is -2.27. The summed E-state index contributed by atoms with van der Waals surface area (Å²) in [5.41, 5.74) is 1.61. The molecule has 1 saturated carbocycles. The number of rotatable bonds is 3. The average Bonchev–Trinajstić information content (AvgIpc) is 3.06. The minimum Gasteiger partial charge on any atom is -0.385 e. The van der Waals surface area contributed by atoms with Gasteiger partial charge < -0.3 is 10.1 Å². The van der Waals surface area contributed by atoms with E-state index in [-0.39, 0.29) is 0 Å². The fourth-order valence-electron chi connectivity index (χ4n) is 2.61. The summed E-state index contributed by atoms with van der Waals surface area (Å²) in [6, 6.07) is 8.30. The van der Waals surface area contributed by atoms with Gasteiger partial charge in [-0.15, -0.1) is 0 Å². The van der Waals surface area contributed by atoms with E-state index in [1.54, 1.807) is 0 Å². The number of aliphatic hydroxyl groups is 1. The smallest absolute Gasteiger partial charge is 0.0922 e. The van der Waals surface area contributed by atoms with Crippen LogP contribution in [0.4, 0.5) is 0 Å². The zero-order chi connectivity index (χ0) is 11.2. The molecule has 0 amide bonds. The maximum atomic E-state index is 10.7. The molecule has 0 spiro atoms. The van der Waals surface area contributed by atoms with Crippen molar-refractivity contribution in [1.29, 1.82) is 0 Å². The number of aromatic nitrogens is 1. The molecule has 2 aromatic rings. The summed E-state index contributed by atoms with van der Waals surface area (Å²) < 4.78 is 0. The summed E-state index contributed by atoms with van der Waals surface area (Å²) in [5.74, 6) is 0.467. The van der Waals surface area contributed by atoms with Crippen LogP contribution in [0.25, 0.3) is 10.9 Å². The van der Waals surface area contributed by atoms with Crippen LogP contribution in [-0.4, -0.2) is 10.1 Å². The Balaban J connectivity index is 2.09. The lowest BCUT2D eigenvalue weighted by molar-refractivity contribution is 0.00903. The van der Waals surface area contributed by atoms with Crippen molar-refractivity contribution < 1.29 is 5.11 Å². The molecule has 1 aromatic heterocycles. The second kappa shape index (κ2) is 3.36. The third-order valence-corrected chi connectivity index (χ3v) is 3.84. The summed E-state index contributed by atoms with van der Waals surface area (Å²) in [7, 11) is 0. The molecule has 0 saturated heterocycles. The zero-order valence-corrected chi connectivity index (χ0v) is 9.53. The van der Waals surface area contributed by atoms with Crippen molar-refractivity contribution in [2.75, 3.05) is 0 Å². The van der Waals surface area contributed by atoms with E-state index in [1.165, 1.54) is 5.39 Å². The number of hydrogen-bond acceptors (Lipinski definition) is 1. The molecular weight excluding hydrogens is 198 g/mol. The van der Waals surface area contributed by atoms with E-state index in [4.69, 9.17) is 0 Å². The van der Waals surface area contributed by atoms with Crippen LogP contribution in [-0.2, 0) is 5.60 Å². The molecule has 1 aromatic carbocycles. The van der Waals surface area contributed by atoms with E-state index < -0.39 is 5.60 Å². The molecule has 1 aliphatic rings. The summed E-state index contributed by atoms with van der Waals surface area (Å²) in [4.78, 5) is 3.18. The van der Waals surface area contributed by atoms with Gasteiger partial charge in [-0.3, -0.25) is 0 Å². The Hall–Kier alpha value is -1.28. The van der Waals surface area contributed by atoms with Crippen LogP contribution in [0.5, 0.6) is 0 Å². The molecule has 2 heteroatoms. The molecule has 1 atom stereocenters. The molecular formula is C14H17NO. The summed E-state index contributed by atoms with van der Waals surface area (Å²) in [5, 5.41) is 11.9. The van der Waals surface area contributed by atoms with Crippen molar-refractivity contribution >= 4 is 10.9 Å². The lowest BCUT2D eigenvalue weighted by Gasteiger charge is -2.27. The van der Waals surface area contributed by atoms with Crippen LogP contribution in [0.15, 0.2) is 30.5 Å². The van der Waals surface area contributed by atoms with Crippen LogP contribution in [0, 0.1) is 5.92 Å². The van der Waals surface area contributed by atoms with Gasteiger partial charge in [0.1, 0.15) is 0 Å². The molecule has 1 unspecified atom stereocenters. The first-order valence-electron chi connectivity index (χ1n) is 6.04. The van der Waals surface area contributed by atoms with Gasteiger partial charge in [0.05, 0.1) is 5.60 Å². The fourth-order valence-corrected chi connectivity index (χ4v) is 2.61. The maximum absolute atomic E-state index is 10.7. The Morgan fingerprint density at radius 1 is 1.38 bits per heavy atom. The number of benzene rings is 1. The van der Waals surface area contributed by atoms with Crippen LogP contribution < -0.4 is 0 Å². The standard InChI is InChI=1S/C14H17NO/c1-2-14(16,11-3-4-11)12-5-6-13-10(9-12)7-8-15-13/h5-9,11,15-16H,2-4H2,1H3. The largest absolute Gasteiger partial charge is 0.385 e. The molecule has 0 aliphatic heterocycles. The van der Waals surface area contributed by atoms with E-state index in [9.17, 15) is 5.11 Å². The molecule has 1 aliphatic carbocycles. The van der Waals surface area contributed by atoms with Crippen molar-refractivity contribution in [2.45, 2.75) is 31.8 Å². The van der Waals surface area contributed by atoms with Crippen LogP contribution in [0.2, 0.25) is 0 Å². The van der Waals surface area contributed by atoms with Gasteiger partial charge in [0, 0.05) is 11.7 Å². The molecule has 84 valence electrons. The molecule has 0 radical (unpaired) electrons. The van der Waals surface area contributed by atoms with E-state index in [0.29, 0.717) is 5.92 Å². The quantitative estimate of drug-likeness (QED) is 0.810. The maximum Gasteiger partial charge on any atom is 0.0922 e. The SMILES string of the molecule is CCC(O)(c1ccc2[nH]ccc2c1)C1CC1. The normalized spacial score (nSPS) is 19.9. The molecule has 16 heavy (non-hydrogen) atoms. The number of fused-ring (bicyclic) bond motifs is 1. The second-order valence-corrected chi connectivity index (χ2v) is 4.83. The highest BCUT2D eigenvalue weighted by Gasteiger charge is 2.43. The van der Waals surface area contributed by atoms with Gasteiger partial charge in [-0.25, -0.2) is 0 Å². The summed E-state index contributed by atoms with van der Waals surface area (Å²) in [6.45, 7) is 2.07. The number of hydrogen-bond donors (Lipinski definition) is 2. The highest BCUT2D eigenvalue weighted by Crippen LogP contribution is 2.47. The van der Waals surface area contributed by atoms with Gasteiger partial charge >= 0.3 is 0 Å². The molecule has 0 bridgehead atoms. The van der Waals surface area contributed by atoms with Gasteiger partial charge in [0.15, 0.2) is 0 Å². The van der Waals surface area contributed by atoms with E-state index >= 15 is 0 Å². The number of nitrogens with one attached hydrogen (secondary N) is 1. The molecule has 3 rings (SSSR count). The fraction of sp³-hybridized carbons (Fsp3) is 0.429. The van der Waals surface area contributed by atoms with E-state index in [2.05, 4.69) is 36.2 Å².